The third-order valence-electron chi connectivity index (χ3n) is 14.2. The lowest BCUT2D eigenvalue weighted by Gasteiger charge is -2.17. The fraction of sp³-hybridized carbons (Fsp3) is 0. The Bertz CT molecular complexity index is 4570. The third kappa shape index (κ3) is 6.86. The Morgan fingerprint density at radius 2 is 0.707 bits per heavy atom. The zero-order valence-corrected chi connectivity index (χ0v) is 40.1. The summed E-state index contributed by atoms with van der Waals surface area (Å²) in [6.07, 6.45) is 0. The molecule has 0 amide bonds. The van der Waals surface area contributed by atoms with E-state index < -0.39 is 0 Å². The van der Waals surface area contributed by atoms with E-state index in [4.69, 9.17) is 34.3 Å². The number of hydrogen-bond acceptors (Lipinski definition) is 7. The SMILES string of the molecule is c1ccc(-c2nc(-c3ccccc3)nc(-c3ccc(-n4c5ccccc5c5c4c4oc6ccccc6c4c4c6ccccc6n(-c6ccccc6)c45)c(-c4nc(-c5ccccc5)nc(-c5ccccc5)n4)c3)n2)cc1. The number of para-hydroxylation sites is 4. The summed E-state index contributed by atoms with van der Waals surface area (Å²) >= 11 is 0. The van der Waals surface area contributed by atoms with Gasteiger partial charge in [-0.2, -0.15) is 0 Å². The lowest BCUT2D eigenvalue weighted by Crippen LogP contribution is -2.05. The molecule has 0 bridgehead atoms. The Hall–Kier alpha value is -10.4. The molecule has 15 aromatic rings. The quantitative estimate of drug-likeness (QED) is 0.149. The van der Waals surface area contributed by atoms with Crippen LogP contribution in [0.25, 0.3) is 145 Å². The van der Waals surface area contributed by atoms with Gasteiger partial charge >= 0.3 is 0 Å². The van der Waals surface area contributed by atoms with Gasteiger partial charge in [0.1, 0.15) is 5.58 Å². The van der Waals surface area contributed by atoms with Crippen molar-refractivity contribution in [3.63, 3.8) is 0 Å². The fourth-order valence-electron chi connectivity index (χ4n) is 10.9. The van der Waals surface area contributed by atoms with Crippen LogP contribution in [0.1, 0.15) is 0 Å². The summed E-state index contributed by atoms with van der Waals surface area (Å²) in [4.78, 5) is 31.4. The van der Waals surface area contributed by atoms with Crippen molar-refractivity contribution in [1.82, 2.24) is 39.0 Å². The average molecular weight is 961 g/mol. The topological polar surface area (TPSA) is 100 Å². The average Bonchev–Trinajstić information content (AvgIpc) is 4.35. The van der Waals surface area contributed by atoms with Crippen LogP contribution in [0.2, 0.25) is 0 Å². The molecule has 5 heterocycles. The minimum atomic E-state index is 0.478. The Morgan fingerprint density at radius 1 is 0.293 bits per heavy atom. The lowest BCUT2D eigenvalue weighted by atomic mass is 10.0. The van der Waals surface area contributed by atoms with Crippen LogP contribution < -0.4 is 0 Å². The molecule has 0 fully saturated rings. The summed E-state index contributed by atoms with van der Waals surface area (Å²) in [7, 11) is 0. The number of rotatable bonds is 8. The van der Waals surface area contributed by atoms with Crippen molar-refractivity contribution in [3.05, 3.63) is 243 Å². The van der Waals surface area contributed by atoms with E-state index >= 15 is 0 Å². The highest BCUT2D eigenvalue weighted by Gasteiger charge is 2.29. The molecular weight excluding hydrogens is 921 g/mol. The summed E-state index contributed by atoms with van der Waals surface area (Å²) in [6.45, 7) is 0. The number of fused-ring (bicyclic) bond motifs is 12. The second-order valence-corrected chi connectivity index (χ2v) is 18.6. The maximum absolute atomic E-state index is 7.23. The number of benzene rings is 10. The van der Waals surface area contributed by atoms with Crippen LogP contribution in [0.5, 0.6) is 0 Å². The monoisotopic (exact) mass is 960 g/mol. The standard InChI is InChI=1S/C66H40N8O/c1-6-22-41(23-7-1)61-67-62(42-24-8-2-9-25-42)70-65(69-61)45-38-39-53(50(40-45)66-71-63(43-26-10-3-11-27-43)68-64(72-66)44-28-12-4-13-29-44)74-52-36-20-17-33-48(52)57-58-55(56-49-34-18-21-37-54(49)75-60(56)59(57)74)47-32-16-19-35-51(47)73(58)46-30-14-5-15-31-46/h1-40H. The first-order chi connectivity index (χ1) is 37.2. The maximum atomic E-state index is 7.23. The summed E-state index contributed by atoms with van der Waals surface area (Å²) in [6, 6.07) is 83.1. The van der Waals surface area contributed by atoms with Gasteiger partial charge in [0.05, 0.1) is 27.8 Å². The van der Waals surface area contributed by atoms with Crippen LogP contribution in [-0.4, -0.2) is 39.0 Å². The molecule has 0 saturated carbocycles. The first-order valence-electron chi connectivity index (χ1n) is 25.0. The number of hydrogen-bond donors (Lipinski definition) is 0. The zero-order chi connectivity index (χ0) is 49.4. The van der Waals surface area contributed by atoms with Gasteiger partial charge in [0.15, 0.2) is 40.5 Å². The number of aromatic nitrogens is 8. The Kier molecular flexibility index (Phi) is 9.67. The van der Waals surface area contributed by atoms with E-state index in [1.54, 1.807) is 0 Å². The molecular formula is C66H40N8O. The van der Waals surface area contributed by atoms with Gasteiger partial charge in [0, 0.05) is 71.4 Å². The highest BCUT2D eigenvalue weighted by molar-refractivity contribution is 6.39. The molecule has 0 aliphatic rings. The van der Waals surface area contributed by atoms with Crippen LogP contribution in [0.3, 0.4) is 0 Å². The van der Waals surface area contributed by atoms with Gasteiger partial charge in [-0.05, 0) is 48.5 Å². The lowest BCUT2D eigenvalue weighted by molar-refractivity contribution is 0.671. The number of furan rings is 1. The molecule has 75 heavy (non-hydrogen) atoms. The molecule has 9 heteroatoms. The van der Waals surface area contributed by atoms with Crippen molar-refractivity contribution < 1.29 is 4.42 Å². The van der Waals surface area contributed by atoms with Gasteiger partial charge in [0.25, 0.3) is 0 Å². The third-order valence-corrected chi connectivity index (χ3v) is 14.2. The predicted molar refractivity (Wildman–Crippen MR) is 302 cm³/mol. The minimum absolute atomic E-state index is 0.478. The minimum Gasteiger partial charge on any atom is -0.454 e. The number of nitrogens with zero attached hydrogens (tertiary/aromatic N) is 8. The smallest absolute Gasteiger partial charge is 0.166 e. The molecule has 0 N–H and O–H groups in total. The second-order valence-electron chi connectivity index (χ2n) is 18.6. The van der Waals surface area contributed by atoms with E-state index in [1.165, 1.54) is 0 Å². The summed E-state index contributed by atoms with van der Waals surface area (Å²) in [5, 5.41) is 6.50. The van der Waals surface area contributed by atoms with Crippen molar-refractivity contribution in [1.29, 1.82) is 0 Å². The summed E-state index contributed by atoms with van der Waals surface area (Å²) in [5.74, 6) is 3.21. The van der Waals surface area contributed by atoms with Crippen molar-refractivity contribution in [2.75, 3.05) is 0 Å². The van der Waals surface area contributed by atoms with E-state index in [-0.39, 0.29) is 0 Å². The molecule has 15 rings (SSSR count). The van der Waals surface area contributed by atoms with Crippen molar-refractivity contribution in [2.24, 2.45) is 0 Å². The summed E-state index contributed by atoms with van der Waals surface area (Å²) < 4.78 is 12.0. The van der Waals surface area contributed by atoms with Crippen molar-refractivity contribution in [3.8, 4) is 79.7 Å². The zero-order valence-electron chi connectivity index (χ0n) is 40.1. The molecule has 0 unspecified atom stereocenters. The van der Waals surface area contributed by atoms with Gasteiger partial charge in [0.2, 0.25) is 0 Å². The van der Waals surface area contributed by atoms with Gasteiger partial charge in [-0.1, -0.05) is 194 Å². The van der Waals surface area contributed by atoms with Gasteiger partial charge in [-0.3, -0.25) is 0 Å². The van der Waals surface area contributed by atoms with E-state index in [0.717, 1.165) is 110 Å². The predicted octanol–water partition coefficient (Wildman–Crippen LogP) is 16.2. The highest BCUT2D eigenvalue weighted by Crippen LogP contribution is 2.50. The van der Waals surface area contributed by atoms with Gasteiger partial charge < -0.3 is 13.6 Å². The molecule has 0 saturated heterocycles. The van der Waals surface area contributed by atoms with Crippen LogP contribution in [0, 0.1) is 0 Å². The van der Waals surface area contributed by atoms with Crippen LogP contribution in [0.15, 0.2) is 247 Å². The molecule has 5 aromatic heterocycles. The molecule has 0 aliphatic heterocycles. The van der Waals surface area contributed by atoms with E-state index in [9.17, 15) is 0 Å². The second kappa shape index (κ2) is 17.1. The molecule has 0 spiro atoms. The molecule has 10 aromatic carbocycles. The fourth-order valence-corrected chi connectivity index (χ4v) is 10.9. The Morgan fingerprint density at radius 3 is 1.24 bits per heavy atom. The molecule has 9 nitrogen and oxygen atoms in total. The van der Waals surface area contributed by atoms with Crippen LogP contribution in [-0.2, 0) is 0 Å². The molecule has 350 valence electrons. The maximum Gasteiger partial charge on any atom is 0.166 e. The van der Waals surface area contributed by atoms with Gasteiger partial charge in [-0.15, -0.1) is 0 Å². The van der Waals surface area contributed by atoms with E-state index in [1.807, 2.05) is 127 Å². The van der Waals surface area contributed by atoms with Crippen LogP contribution >= 0.6 is 0 Å². The Balaban J connectivity index is 1.11. The first kappa shape index (κ1) is 42.3. The molecule has 0 atom stereocenters. The van der Waals surface area contributed by atoms with Crippen molar-refractivity contribution >= 4 is 65.6 Å². The van der Waals surface area contributed by atoms with E-state index in [0.29, 0.717) is 34.9 Å². The van der Waals surface area contributed by atoms with Gasteiger partial charge in [-0.25, -0.2) is 29.9 Å². The normalized spacial score (nSPS) is 11.7. The summed E-state index contributed by atoms with van der Waals surface area (Å²) in [5.41, 5.74) is 12.6. The highest BCUT2D eigenvalue weighted by atomic mass is 16.3. The largest absolute Gasteiger partial charge is 0.454 e. The Labute approximate surface area is 429 Å². The van der Waals surface area contributed by atoms with Crippen molar-refractivity contribution in [2.45, 2.75) is 0 Å². The molecule has 0 aliphatic carbocycles. The molecule has 0 radical (unpaired) electrons. The van der Waals surface area contributed by atoms with Crippen LogP contribution in [0.4, 0.5) is 0 Å². The first-order valence-corrected chi connectivity index (χ1v) is 25.0. The van der Waals surface area contributed by atoms with E-state index in [2.05, 4.69) is 124 Å².